The van der Waals surface area contributed by atoms with Gasteiger partial charge in [0.1, 0.15) is 23.2 Å². The van der Waals surface area contributed by atoms with Gasteiger partial charge in [0.15, 0.2) is 0 Å². The summed E-state index contributed by atoms with van der Waals surface area (Å²) in [5.74, 6) is 1.12. The van der Waals surface area contributed by atoms with E-state index in [1.54, 1.807) is 24.4 Å². The van der Waals surface area contributed by atoms with E-state index in [1.807, 2.05) is 30.0 Å². The fourth-order valence-electron chi connectivity index (χ4n) is 4.75. The molecule has 0 unspecified atom stereocenters. The first-order valence-corrected chi connectivity index (χ1v) is 13.7. The van der Waals surface area contributed by atoms with Crippen LogP contribution in [-0.4, -0.2) is 50.0 Å². The van der Waals surface area contributed by atoms with Crippen LogP contribution in [0.15, 0.2) is 67.0 Å². The van der Waals surface area contributed by atoms with Gasteiger partial charge < -0.3 is 20.6 Å². The van der Waals surface area contributed by atoms with Gasteiger partial charge in [-0.25, -0.2) is 15.0 Å². The number of likely N-dealkylation sites (tertiary alicyclic amines) is 1. The highest BCUT2D eigenvalue weighted by molar-refractivity contribution is 6.32. The van der Waals surface area contributed by atoms with Crippen LogP contribution in [0.4, 0.5) is 30.6 Å². The van der Waals surface area contributed by atoms with Crippen LogP contribution in [0.3, 0.4) is 0 Å². The van der Waals surface area contributed by atoms with Gasteiger partial charge in [0.25, 0.3) is 0 Å². The second kappa shape index (κ2) is 12.2. The van der Waals surface area contributed by atoms with E-state index in [1.165, 1.54) is 6.07 Å². The minimum Gasteiger partial charge on any atom is -0.506 e. The van der Waals surface area contributed by atoms with E-state index in [0.717, 1.165) is 47.9 Å². The Labute approximate surface area is 245 Å². The van der Waals surface area contributed by atoms with Crippen LogP contribution in [-0.2, 0) is 17.4 Å². The molecule has 1 aromatic carbocycles. The lowest BCUT2D eigenvalue weighted by molar-refractivity contribution is -0.137. The molecule has 5 rings (SSSR count). The van der Waals surface area contributed by atoms with Crippen LogP contribution in [0, 0.1) is 6.92 Å². The van der Waals surface area contributed by atoms with E-state index in [9.17, 15) is 23.1 Å². The third kappa shape index (κ3) is 7.27. The van der Waals surface area contributed by atoms with E-state index < -0.39 is 11.7 Å². The maximum absolute atomic E-state index is 13.1. The summed E-state index contributed by atoms with van der Waals surface area (Å²) in [4.78, 5) is 27.6. The topological polar surface area (TPSA) is 103 Å². The first kappa shape index (κ1) is 29.1. The number of aromatic hydroxyl groups is 1. The molecule has 0 bridgehead atoms. The Balaban J connectivity index is 1.17. The predicted molar refractivity (Wildman–Crippen MR) is 155 cm³/mol. The monoisotopic (exact) mass is 596 g/mol. The van der Waals surface area contributed by atoms with Crippen LogP contribution in [0.1, 0.15) is 29.5 Å². The van der Waals surface area contributed by atoms with Crippen molar-refractivity contribution < 1.29 is 23.1 Å². The highest BCUT2D eigenvalue weighted by Crippen LogP contribution is 2.31. The first-order valence-electron chi connectivity index (χ1n) is 13.3. The zero-order valence-electron chi connectivity index (χ0n) is 22.6. The molecule has 12 heteroatoms. The molecule has 1 amide bonds. The zero-order valence-corrected chi connectivity index (χ0v) is 23.4. The number of benzene rings is 1. The number of amides is 1. The van der Waals surface area contributed by atoms with Crippen molar-refractivity contribution in [3.63, 3.8) is 0 Å². The minimum absolute atomic E-state index is 0.00937. The minimum atomic E-state index is -4.47. The van der Waals surface area contributed by atoms with E-state index in [4.69, 9.17) is 11.6 Å². The third-order valence-electron chi connectivity index (χ3n) is 6.94. The van der Waals surface area contributed by atoms with Crippen molar-refractivity contribution in [3.8, 4) is 17.0 Å². The maximum atomic E-state index is 13.1. The average molecular weight is 597 g/mol. The normalized spacial score (nSPS) is 14.1. The smallest absolute Gasteiger partial charge is 0.416 e. The molecule has 4 aromatic rings. The molecular weight excluding hydrogens is 569 g/mol. The summed E-state index contributed by atoms with van der Waals surface area (Å²) in [6.45, 7) is 3.10. The van der Waals surface area contributed by atoms with Gasteiger partial charge in [-0.3, -0.25) is 4.79 Å². The lowest BCUT2D eigenvalue weighted by Gasteiger charge is -2.32. The molecule has 1 aliphatic heterocycles. The molecule has 0 saturated carbocycles. The van der Waals surface area contributed by atoms with Crippen molar-refractivity contribution in [1.82, 2.24) is 19.9 Å². The lowest BCUT2D eigenvalue weighted by Crippen LogP contribution is -2.43. The third-order valence-corrected chi connectivity index (χ3v) is 7.24. The molecule has 1 aliphatic rings. The predicted octanol–water partition coefficient (Wildman–Crippen LogP) is 6.61. The molecular formula is C30H28ClF3N6O2. The summed E-state index contributed by atoms with van der Waals surface area (Å²) in [7, 11) is 0. The van der Waals surface area contributed by atoms with Crippen molar-refractivity contribution in [1.29, 1.82) is 0 Å². The molecule has 42 heavy (non-hydrogen) atoms. The van der Waals surface area contributed by atoms with Gasteiger partial charge in [-0.05, 0) is 79.4 Å². The van der Waals surface area contributed by atoms with Crippen LogP contribution >= 0.6 is 11.6 Å². The van der Waals surface area contributed by atoms with Crippen molar-refractivity contribution in [2.75, 3.05) is 23.7 Å². The van der Waals surface area contributed by atoms with Crippen LogP contribution in [0.2, 0.25) is 5.02 Å². The fraction of sp³-hybridized carbons (Fsp3) is 0.267. The summed E-state index contributed by atoms with van der Waals surface area (Å²) in [6, 6.07) is 14.1. The summed E-state index contributed by atoms with van der Waals surface area (Å²) < 4.78 is 39.2. The zero-order chi connectivity index (χ0) is 29.9. The van der Waals surface area contributed by atoms with Gasteiger partial charge in [0, 0.05) is 37.1 Å². The summed E-state index contributed by atoms with van der Waals surface area (Å²) in [5, 5.41) is 16.1. The Hall–Kier alpha value is -4.38. The standard InChI is InChI=1S/C30H28ClF3N6O2/c1-18-12-24(38-28(13-18)39-27-16-21(6-9-35-27)30(32,33)34)20-3-5-26(36-17-20)37-22-7-10-40(11-8-22)29(42)15-19-2-4-25(41)23(31)14-19/h2-6,9,12-14,16-17,22,41H,7-8,10-11,15H2,1H3,(H,36,37)(H,35,38,39). The van der Waals surface area contributed by atoms with Gasteiger partial charge in [-0.2, -0.15) is 13.2 Å². The molecule has 8 nitrogen and oxygen atoms in total. The van der Waals surface area contributed by atoms with Crippen molar-refractivity contribution >= 4 is 35.0 Å². The van der Waals surface area contributed by atoms with Gasteiger partial charge >= 0.3 is 6.18 Å². The van der Waals surface area contributed by atoms with Gasteiger partial charge in [-0.1, -0.05) is 17.7 Å². The molecule has 3 aromatic heterocycles. The molecule has 218 valence electrons. The maximum Gasteiger partial charge on any atom is 0.416 e. The van der Waals surface area contributed by atoms with E-state index >= 15 is 0 Å². The van der Waals surface area contributed by atoms with Gasteiger partial charge in [0.05, 0.1) is 22.7 Å². The van der Waals surface area contributed by atoms with Crippen LogP contribution < -0.4 is 10.6 Å². The number of rotatable bonds is 7. The summed E-state index contributed by atoms with van der Waals surface area (Å²) >= 11 is 5.96. The highest BCUT2D eigenvalue weighted by atomic mass is 35.5. The number of anilines is 3. The molecule has 1 saturated heterocycles. The van der Waals surface area contributed by atoms with E-state index in [2.05, 4.69) is 25.6 Å². The number of aryl methyl sites for hydroxylation is 1. The van der Waals surface area contributed by atoms with Gasteiger partial charge in [-0.15, -0.1) is 0 Å². The average Bonchev–Trinajstić information content (AvgIpc) is 2.95. The number of hydrogen-bond acceptors (Lipinski definition) is 7. The van der Waals surface area contributed by atoms with Crippen molar-refractivity contribution in [3.05, 3.63) is 88.7 Å². The number of nitrogens with zero attached hydrogens (tertiary/aromatic N) is 4. The van der Waals surface area contributed by atoms with Crippen molar-refractivity contribution in [2.24, 2.45) is 0 Å². The first-order chi connectivity index (χ1) is 20.0. The number of phenols is 1. The molecule has 0 radical (unpaired) electrons. The van der Waals surface area contributed by atoms with E-state index in [-0.39, 0.29) is 35.0 Å². The molecule has 0 spiro atoms. The number of carbonyl (C=O) groups is 1. The number of piperidine rings is 1. The fourth-order valence-corrected chi connectivity index (χ4v) is 4.95. The number of pyridine rings is 3. The quantitative estimate of drug-likeness (QED) is 0.220. The Morgan fingerprint density at radius 2 is 1.81 bits per heavy atom. The molecule has 1 fully saturated rings. The number of alkyl halides is 3. The van der Waals surface area contributed by atoms with Crippen LogP contribution in [0.5, 0.6) is 5.75 Å². The molecule has 0 aliphatic carbocycles. The summed E-state index contributed by atoms with van der Waals surface area (Å²) in [5.41, 5.74) is 2.19. The number of hydrogen-bond donors (Lipinski definition) is 3. The number of nitrogens with one attached hydrogen (secondary N) is 2. The largest absolute Gasteiger partial charge is 0.506 e. The Kier molecular flexibility index (Phi) is 8.49. The van der Waals surface area contributed by atoms with Crippen LogP contribution in [0.25, 0.3) is 11.3 Å². The van der Waals surface area contributed by atoms with Crippen molar-refractivity contribution in [2.45, 2.75) is 38.4 Å². The molecule has 4 heterocycles. The molecule has 0 atom stereocenters. The van der Waals surface area contributed by atoms with E-state index in [0.29, 0.717) is 30.4 Å². The summed E-state index contributed by atoms with van der Waals surface area (Å²) in [6.07, 6.45) is 0.0878. The second-order valence-corrected chi connectivity index (χ2v) is 10.6. The number of carbonyl (C=O) groups excluding carboxylic acids is 1. The Bertz CT molecular complexity index is 1570. The lowest BCUT2D eigenvalue weighted by atomic mass is 10.0. The number of halogens is 4. The van der Waals surface area contributed by atoms with Gasteiger partial charge in [0.2, 0.25) is 5.91 Å². The SMILES string of the molecule is Cc1cc(Nc2cc(C(F)(F)F)ccn2)nc(-c2ccc(NC3CCN(C(=O)Cc4ccc(O)c(Cl)c4)CC3)nc2)c1. The Morgan fingerprint density at radius 1 is 1.02 bits per heavy atom. The second-order valence-electron chi connectivity index (χ2n) is 10.2. The highest BCUT2D eigenvalue weighted by Gasteiger charge is 2.30. The molecule has 3 N–H and O–H groups in total. The number of aromatic nitrogens is 3. The Morgan fingerprint density at radius 3 is 2.50 bits per heavy atom. The number of phenolic OH excluding ortho intramolecular Hbond substituents is 1.